The molecular formula is C16H18F3NO. The lowest BCUT2D eigenvalue weighted by Gasteiger charge is -2.20. The summed E-state index contributed by atoms with van der Waals surface area (Å²) >= 11 is 0. The van der Waals surface area contributed by atoms with Crippen LogP contribution in [0.1, 0.15) is 41.8 Å². The van der Waals surface area contributed by atoms with Crippen LogP contribution in [-0.2, 0) is 6.18 Å². The van der Waals surface area contributed by atoms with Gasteiger partial charge in [-0.25, -0.2) is 0 Å². The summed E-state index contributed by atoms with van der Waals surface area (Å²) in [5, 5.41) is 3.31. The number of aryl methyl sites for hydroxylation is 1. The first-order valence-corrected chi connectivity index (χ1v) is 6.88. The largest absolute Gasteiger partial charge is 0.467 e. The maximum absolute atomic E-state index is 12.7. The predicted octanol–water partition coefficient (Wildman–Crippen LogP) is 4.70. The van der Waals surface area contributed by atoms with Crippen LogP contribution < -0.4 is 5.32 Å². The van der Waals surface area contributed by atoms with Gasteiger partial charge in [0.05, 0.1) is 17.9 Å². The molecule has 1 aromatic heterocycles. The second kappa shape index (κ2) is 6.35. The van der Waals surface area contributed by atoms with Crippen LogP contribution in [0, 0.1) is 6.92 Å². The molecule has 0 aliphatic rings. The number of nitrogens with one attached hydrogen (secondary N) is 1. The van der Waals surface area contributed by atoms with E-state index >= 15 is 0 Å². The van der Waals surface area contributed by atoms with Crippen LogP contribution in [0.15, 0.2) is 41.0 Å². The third-order valence-corrected chi connectivity index (χ3v) is 3.33. The highest BCUT2D eigenvalue weighted by Crippen LogP contribution is 2.33. The van der Waals surface area contributed by atoms with Gasteiger partial charge < -0.3 is 9.73 Å². The average molecular weight is 297 g/mol. The molecule has 0 saturated carbocycles. The van der Waals surface area contributed by atoms with E-state index in [4.69, 9.17) is 4.42 Å². The molecule has 0 radical (unpaired) electrons. The Labute approximate surface area is 122 Å². The van der Waals surface area contributed by atoms with E-state index in [-0.39, 0.29) is 6.04 Å². The van der Waals surface area contributed by atoms with Gasteiger partial charge in [-0.3, -0.25) is 0 Å². The molecule has 114 valence electrons. The third-order valence-electron chi connectivity index (χ3n) is 3.33. The Morgan fingerprint density at radius 3 is 2.52 bits per heavy atom. The number of hydrogen-bond acceptors (Lipinski definition) is 2. The highest BCUT2D eigenvalue weighted by Gasteiger charge is 2.31. The molecule has 1 N–H and O–H groups in total. The summed E-state index contributed by atoms with van der Waals surface area (Å²) in [6, 6.07) is 7.18. The van der Waals surface area contributed by atoms with Crippen molar-refractivity contribution in [3.05, 3.63) is 59.0 Å². The van der Waals surface area contributed by atoms with Gasteiger partial charge in [0.15, 0.2) is 0 Å². The molecule has 5 heteroatoms. The van der Waals surface area contributed by atoms with Gasteiger partial charge in [0.1, 0.15) is 5.76 Å². The Kier molecular flexibility index (Phi) is 4.73. The van der Waals surface area contributed by atoms with E-state index in [1.165, 1.54) is 12.1 Å². The normalized spacial score (nSPS) is 13.4. The standard InChI is InChI=1S/C16H18F3NO/c1-3-8-20-15(14-5-4-9-21-14)13-7-6-12(10-11(13)2)16(17,18)19/h4-7,9-10,15,20H,3,8H2,1-2H3. The van der Waals surface area contributed by atoms with Gasteiger partial charge in [0, 0.05) is 0 Å². The Morgan fingerprint density at radius 1 is 1.24 bits per heavy atom. The molecule has 0 bridgehead atoms. The van der Waals surface area contributed by atoms with Crippen molar-refractivity contribution in [2.24, 2.45) is 0 Å². The molecule has 0 aliphatic carbocycles. The Hall–Kier alpha value is -1.75. The number of benzene rings is 1. The van der Waals surface area contributed by atoms with E-state index in [2.05, 4.69) is 5.32 Å². The molecule has 21 heavy (non-hydrogen) atoms. The molecule has 1 heterocycles. The van der Waals surface area contributed by atoms with E-state index in [0.717, 1.165) is 24.6 Å². The molecule has 2 aromatic rings. The first kappa shape index (κ1) is 15.6. The summed E-state index contributed by atoms with van der Waals surface area (Å²) < 4.78 is 43.6. The maximum Gasteiger partial charge on any atom is 0.416 e. The van der Waals surface area contributed by atoms with Gasteiger partial charge in [0.25, 0.3) is 0 Å². The Bertz CT molecular complexity index is 576. The van der Waals surface area contributed by atoms with E-state index in [1.807, 2.05) is 13.0 Å². The van der Waals surface area contributed by atoms with E-state index in [1.54, 1.807) is 19.3 Å². The summed E-state index contributed by atoms with van der Waals surface area (Å²) in [6.07, 6.45) is -1.83. The zero-order valence-electron chi connectivity index (χ0n) is 12.0. The molecule has 0 amide bonds. The van der Waals surface area contributed by atoms with Crippen molar-refractivity contribution >= 4 is 0 Å². The molecule has 2 rings (SSSR count). The first-order chi connectivity index (χ1) is 9.93. The van der Waals surface area contributed by atoms with Crippen LogP contribution in [-0.4, -0.2) is 6.54 Å². The number of alkyl halides is 3. The smallest absolute Gasteiger partial charge is 0.416 e. The highest BCUT2D eigenvalue weighted by atomic mass is 19.4. The van der Waals surface area contributed by atoms with Crippen molar-refractivity contribution in [1.82, 2.24) is 5.32 Å². The van der Waals surface area contributed by atoms with Crippen LogP contribution >= 0.6 is 0 Å². The lowest BCUT2D eigenvalue weighted by Crippen LogP contribution is -2.23. The second-order valence-electron chi connectivity index (χ2n) is 4.97. The van der Waals surface area contributed by atoms with Crippen molar-refractivity contribution in [1.29, 1.82) is 0 Å². The fraction of sp³-hybridized carbons (Fsp3) is 0.375. The van der Waals surface area contributed by atoms with Crippen molar-refractivity contribution in [2.75, 3.05) is 6.54 Å². The van der Waals surface area contributed by atoms with Gasteiger partial charge in [-0.1, -0.05) is 13.0 Å². The summed E-state index contributed by atoms with van der Waals surface area (Å²) in [6.45, 7) is 4.48. The quantitative estimate of drug-likeness (QED) is 0.865. The molecule has 2 nitrogen and oxygen atoms in total. The number of hydrogen-bond donors (Lipinski definition) is 1. The zero-order chi connectivity index (χ0) is 15.5. The molecule has 0 aliphatic heterocycles. The number of halogens is 3. The van der Waals surface area contributed by atoms with Crippen molar-refractivity contribution in [2.45, 2.75) is 32.5 Å². The van der Waals surface area contributed by atoms with Crippen LogP contribution in [0.25, 0.3) is 0 Å². The fourth-order valence-corrected chi connectivity index (χ4v) is 2.28. The van der Waals surface area contributed by atoms with Gasteiger partial charge >= 0.3 is 6.18 Å². The molecule has 1 atom stereocenters. The van der Waals surface area contributed by atoms with Crippen molar-refractivity contribution in [3.63, 3.8) is 0 Å². The highest BCUT2D eigenvalue weighted by molar-refractivity contribution is 5.37. The minimum absolute atomic E-state index is 0.234. The maximum atomic E-state index is 12.7. The van der Waals surface area contributed by atoms with Gasteiger partial charge in [-0.05, 0) is 55.3 Å². The number of furan rings is 1. The topological polar surface area (TPSA) is 25.2 Å². The summed E-state index contributed by atoms with van der Waals surface area (Å²) in [7, 11) is 0. The summed E-state index contributed by atoms with van der Waals surface area (Å²) in [4.78, 5) is 0. The molecule has 0 fully saturated rings. The molecule has 1 unspecified atom stereocenters. The second-order valence-corrected chi connectivity index (χ2v) is 4.97. The summed E-state index contributed by atoms with van der Waals surface area (Å²) in [5.74, 6) is 0.700. The Morgan fingerprint density at radius 2 is 2.00 bits per heavy atom. The van der Waals surface area contributed by atoms with Crippen LogP contribution in [0.3, 0.4) is 0 Å². The molecule has 0 spiro atoms. The van der Waals surface area contributed by atoms with Crippen molar-refractivity contribution < 1.29 is 17.6 Å². The van der Waals surface area contributed by atoms with Gasteiger partial charge in [0.2, 0.25) is 0 Å². The predicted molar refractivity (Wildman–Crippen MR) is 75.0 cm³/mol. The zero-order valence-corrected chi connectivity index (χ0v) is 12.0. The van der Waals surface area contributed by atoms with Crippen LogP contribution in [0.2, 0.25) is 0 Å². The Balaban J connectivity index is 2.36. The van der Waals surface area contributed by atoms with Gasteiger partial charge in [-0.2, -0.15) is 13.2 Å². The summed E-state index contributed by atoms with van der Waals surface area (Å²) in [5.41, 5.74) is 0.763. The van der Waals surface area contributed by atoms with Gasteiger partial charge in [-0.15, -0.1) is 0 Å². The third kappa shape index (κ3) is 3.67. The monoisotopic (exact) mass is 297 g/mol. The van der Waals surface area contributed by atoms with Crippen molar-refractivity contribution in [3.8, 4) is 0 Å². The first-order valence-electron chi connectivity index (χ1n) is 6.88. The molecule has 0 saturated heterocycles. The molecular weight excluding hydrogens is 279 g/mol. The van der Waals surface area contributed by atoms with E-state index < -0.39 is 11.7 Å². The number of rotatable bonds is 5. The lowest BCUT2D eigenvalue weighted by atomic mass is 9.97. The average Bonchev–Trinajstić information content (AvgIpc) is 2.93. The molecule has 1 aromatic carbocycles. The minimum Gasteiger partial charge on any atom is -0.467 e. The van der Waals surface area contributed by atoms with Crippen LogP contribution in [0.5, 0.6) is 0 Å². The van der Waals surface area contributed by atoms with E-state index in [9.17, 15) is 13.2 Å². The van der Waals surface area contributed by atoms with Crippen LogP contribution in [0.4, 0.5) is 13.2 Å². The fourth-order valence-electron chi connectivity index (χ4n) is 2.28. The minimum atomic E-state index is -4.32. The van der Waals surface area contributed by atoms with E-state index in [0.29, 0.717) is 11.3 Å². The lowest BCUT2D eigenvalue weighted by molar-refractivity contribution is -0.137. The SMILES string of the molecule is CCCNC(c1ccco1)c1ccc(C(F)(F)F)cc1C.